The first-order valence-electron chi connectivity index (χ1n) is 6.62. The number of ether oxygens (including phenoxy) is 1. The average Bonchev–Trinajstić information content (AvgIpc) is 2.98. The highest BCUT2D eigenvalue weighted by Gasteiger charge is 2.45. The number of hydrogen-bond acceptors (Lipinski definition) is 5. The summed E-state index contributed by atoms with van der Waals surface area (Å²) in [5.74, 6) is 0. The number of nitrogens with one attached hydrogen (secondary N) is 1. The molecule has 4 atom stereocenters. The highest BCUT2D eigenvalue weighted by Crippen LogP contribution is 2.45. The maximum Gasteiger partial charge on any atom is 0.125 e. The summed E-state index contributed by atoms with van der Waals surface area (Å²) in [5.41, 5.74) is 0.832. The van der Waals surface area contributed by atoms with Crippen molar-refractivity contribution in [3.05, 3.63) is 32.4 Å². The molecule has 3 rings (SSSR count). The molecule has 9 heteroatoms. The van der Waals surface area contributed by atoms with Gasteiger partial charge in [-0.3, -0.25) is 0 Å². The van der Waals surface area contributed by atoms with Gasteiger partial charge in [0.2, 0.25) is 0 Å². The molecule has 0 saturated carbocycles. The van der Waals surface area contributed by atoms with Crippen molar-refractivity contribution in [3.63, 3.8) is 0 Å². The number of aromatic nitrogens is 1. The van der Waals surface area contributed by atoms with Crippen LogP contribution in [0.3, 0.4) is 0 Å². The maximum absolute atomic E-state index is 10.2. The standard InChI is InChI=1S/C14H11Cl3N2O4/c15-5-1-6-8(4(2-18)14(17)19-6)9(10(5)16)13-12(22)11(21)7(3-20)23-13/h1,7,11-13,19-22H,3H2/t7-,11-,12-,13+/m1/s1. The van der Waals surface area contributed by atoms with Crippen LogP contribution in [-0.2, 0) is 4.74 Å². The van der Waals surface area contributed by atoms with Crippen LogP contribution in [0.2, 0.25) is 15.2 Å². The molecular weight excluding hydrogens is 367 g/mol. The third-order valence-corrected chi connectivity index (χ3v) is 4.99. The number of benzene rings is 1. The van der Waals surface area contributed by atoms with Crippen molar-refractivity contribution in [3.8, 4) is 6.07 Å². The van der Waals surface area contributed by atoms with E-state index in [1.54, 1.807) is 0 Å². The fourth-order valence-electron chi connectivity index (χ4n) is 2.81. The molecule has 0 amide bonds. The molecule has 4 N–H and O–H groups in total. The number of rotatable bonds is 2. The molecule has 6 nitrogen and oxygen atoms in total. The van der Waals surface area contributed by atoms with Gasteiger partial charge in [-0.05, 0) is 6.07 Å². The zero-order valence-electron chi connectivity index (χ0n) is 11.4. The number of nitrogens with zero attached hydrogens (tertiary/aromatic N) is 1. The molecule has 0 spiro atoms. The fourth-order valence-corrected chi connectivity index (χ4v) is 3.52. The molecule has 1 aliphatic rings. The van der Waals surface area contributed by atoms with Crippen molar-refractivity contribution in [1.82, 2.24) is 4.98 Å². The number of aliphatic hydroxyl groups excluding tert-OH is 3. The highest BCUT2D eigenvalue weighted by atomic mass is 35.5. The Bertz CT molecular complexity index is 817. The number of hydrogen-bond donors (Lipinski definition) is 4. The molecule has 1 fully saturated rings. The molecule has 0 aliphatic carbocycles. The molecule has 2 heterocycles. The van der Waals surface area contributed by atoms with Crippen molar-refractivity contribution in [1.29, 1.82) is 5.26 Å². The maximum atomic E-state index is 10.2. The third-order valence-electron chi connectivity index (χ3n) is 3.91. The van der Waals surface area contributed by atoms with Crippen LogP contribution in [0.15, 0.2) is 6.07 Å². The summed E-state index contributed by atoms with van der Waals surface area (Å²) in [6.07, 6.45) is -4.67. The van der Waals surface area contributed by atoms with E-state index in [0.29, 0.717) is 10.9 Å². The first-order valence-corrected chi connectivity index (χ1v) is 7.75. The van der Waals surface area contributed by atoms with E-state index in [4.69, 9.17) is 39.5 Å². The average molecular weight is 378 g/mol. The Kier molecular flexibility index (Phi) is 4.47. The first-order chi connectivity index (χ1) is 10.9. The molecular formula is C14H11Cl3N2O4. The Morgan fingerprint density at radius 1 is 1.26 bits per heavy atom. The minimum absolute atomic E-state index is 0.0844. The van der Waals surface area contributed by atoms with E-state index in [1.165, 1.54) is 6.07 Å². The number of H-pyrrole nitrogens is 1. The largest absolute Gasteiger partial charge is 0.394 e. The Morgan fingerprint density at radius 2 is 1.96 bits per heavy atom. The molecule has 122 valence electrons. The smallest absolute Gasteiger partial charge is 0.125 e. The van der Waals surface area contributed by atoms with Crippen molar-refractivity contribution in [2.45, 2.75) is 24.4 Å². The van der Waals surface area contributed by atoms with Gasteiger partial charge in [-0.2, -0.15) is 5.26 Å². The Morgan fingerprint density at radius 3 is 2.52 bits per heavy atom. The Labute approximate surface area is 145 Å². The van der Waals surface area contributed by atoms with Crippen LogP contribution >= 0.6 is 34.8 Å². The van der Waals surface area contributed by atoms with Crippen molar-refractivity contribution in [2.24, 2.45) is 0 Å². The molecule has 1 aromatic carbocycles. The van der Waals surface area contributed by atoms with Crippen LogP contribution in [-0.4, -0.2) is 45.2 Å². The van der Waals surface area contributed by atoms with E-state index in [1.807, 2.05) is 6.07 Å². The Balaban J connectivity index is 2.28. The second-order valence-electron chi connectivity index (χ2n) is 5.19. The summed E-state index contributed by atoms with van der Waals surface area (Å²) in [4.78, 5) is 2.81. The van der Waals surface area contributed by atoms with Gasteiger partial charge >= 0.3 is 0 Å². The van der Waals surface area contributed by atoms with Crippen molar-refractivity contribution >= 4 is 45.7 Å². The zero-order chi connectivity index (χ0) is 16.9. The predicted octanol–water partition coefficient (Wildman–Crippen LogP) is 2.15. The van der Waals surface area contributed by atoms with Gasteiger partial charge in [0.15, 0.2) is 0 Å². The number of nitriles is 1. The lowest BCUT2D eigenvalue weighted by molar-refractivity contribution is -0.0223. The van der Waals surface area contributed by atoms with E-state index in [0.717, 1.165) is 0 Å². The SMILES string of the molecule is N#Cc1c(Cl)[nH]c2cc(Cl)c(Cl)c([C@@H]3O[C@H](CO)[C@@H](O)[C@H]3O)c12. The monoisotopic (exact) mass is 376 g/mol. The third kappa shape index (κ3) is 2.49. The summed E-state index contributed by atoms with van der Waals surface area (Å²) in [7, 11) is 0. The van der Waals surface area contributed by atoms with Gasteiger partial charge in [0, 0.05) is 16.5 Å². The van der Waals surface area contributed by atoms with E-state index >= 15 is 0 Å². The Hall–Kier alpha value is -1.04. The molecule has 1 saturated heterocycles. The van der Waals surface area contributed by atoms with Gasteiger partial charge in [0.1, 0.15) is 35.6 Å². The van der Waals surface area contributed by atoms with E-state index in [2.05, 4.69) is 4.98 Å². The molecule has 23 heavy (non-hydrogen) atoms. The van der Waals surface area contributed by atoms with Gasteiger partial charge in [-0.25, -0.2) is 0 Å². The highest BCUT2D eigenvalue weighted by molar-refractivity contribution is 6.44. The van der Waals surface area contributed by atoms with Crippen molar-refractivity contribution < 1.29 is 20.1 Å². The van der Waals surface area contributed by atoms with Gasteiger partial charge in [0.05, 0.1) is 22.2 Å². The molecule has 1 aromatic heterocycles. The van der Waals surface area contributed by atoms with Crippen LogP contribution in [0.1, 0.15) is 17.2 Å². The van der Waals surface area contributed by atoms with Gasteiger partial charge in [-0.1, -0.05) is 34.8 Å². The number of aromatic amines is 1. The van der Waals surface area contributed by atoms with Crippen molar-refractivity contribution in [2.75, 3.05) is 6.61 Å². The quantitative estimate of drug-likeness (QED) is 0.641. The lowest BCUT2D eigenvalue weighted by Gasteiger charge is -2.18. The molecule has 0 bridgehead atoms. The molecule has 0 unspecified atom stereocenters. The van der Waals surface area contributed by atoms with Crippen LogP contribution in [0, 0.1) is 11.3 Å². The minimum Gasteiger partial charge on any atom is -0.394 e. The van der Waals surface area contributed by atoms with E-state index in [9.17, 15) is 20.6 Å². The summed E-state index contributed by atoms with van der Waals surface area (Å²) in [6.45, 7) is -0.477. The van der Waals surface area contributed by atoms with E-state index in [-0.39, 0.29) is 26.3 Å². The minimum atomic E-state index is -1.34. The summed E-state index contributed by atoms with van der Waals surface area (Å²) < 4.78 is 5.51. The molecule has 1 aliphatic heterocycles. The second kappa shape index (κ2) is 6.11. The summed E-state index contributed by atoms with van der Waals surface area (Å²) in [5, 5.41) is 39.5. The lowest BCUT2D eigenvalue weighted by Crippen LogP contribution is -2.32. The van der Waals surface area contributed by atoms with Gasteiger partial charge < -0.3 is 25.0 Å². The second-order valence-corrected chi connectivity index (χ2v) is 6.36. The fraction of sp³-hybridized carbons (Fsp3) is 0.357. The molecule has 2 aromatic rings. The van der Waals surface area contributed by atoms with Gasteiger partial charge in [0.25, 0.3) is 0 Å². The first kappa shape index (κ1) is 16.8. The van der Waals surface area contributed by atoms with E-state index < -0.39 is 31.0 Å². The number of halogens is 3. The molecule has 0 radical (unpaired) electrons. The number of aliphatic hydroxyl groups is 3. The number of fused-ring (bicyclic) bond motifs is 1. The van der Waals surface area contributed by atoms with Crippen LogP contribution in [0.5, 0.6) is 0 Å². The normalized spacial score (nSPS) is 27.5. The predicted molar refractivity (Wildman–Crippen MR) is 84.8 cm³/mol. The van der Waals surface area contributed by atoms with Gasteiger partial charge in [-0.15, -0.1) is 0 Å². The van der Waals surface area contributed by atoms with Crippen LogP contribution in [0.25, 0.3) is 10.9 Å². The topological polar surface area (TPSA) is 110 Å². The zero-order valence-corrected chi connectivity index (χ0v) is 13.7. The van der Waals surface area contributed by atoms with Crippen LogP contribution < -0.4 is 0 Å². The summed E-state index contributed by atoms with van der Waals surface area (Å²) >= 11 is 18.4. The lowest BCUT2D eigenvalue weighted by atomic mass is 9.96. The van der Waals surface area contributed by atoms with Crippen LogP contribution in [0.4, 0.5) is 0 Å². The summed E-state index contributed by atoms with van der Waals surface area (Å²) in [6, 6.07) is 3.48.